The number of amides is 14. The number of hydrogen-bond acceptors (Lipinski definition) is 30. The van der Waals surface area contributed by atoms with Crippen LogP contribution in [-0.4, -0.2) is 307 Å². The molecule has 35 N–H and O–H groups in total. The summed E-state index contributed by atoms with van der Waals surface area (Å²) in [6.07, 6.45) is -0.250. The number of carbonyl (C=O) groups is 16. The molecule has 0 fully saturated rings. The Bertz CT molecular complexity index is 4360. The normalized spacial score (nSPS) is 23.9. The van der Waals surface area contributed by atoms with Gasteiger partial charge in [-0.2, -0.15) is 0 Å². The molecule has 2 aliphatic rings. The lowest BCUT2D eigenvalue weighted by Crippen LogP contribution is -2.61. The summed E-state index contributed by atoms with van der Waals surface area (Å²) in [6.45, 7) is -0.194. The minimum absolute atomic E-state index is 0.00207. The molecular weight excluding hydrogens is 1720 g/mol. The highest BCUT2D eigenvalue weighted by Crippen LogP contribution is 2.19. The SMILES string of the molecule is CN[C@H]1Cc2cn(nn2)CCCC[C@@H](C(=O)CCCOCC(=O)C[C@H]2Cc3cn(nn3)CCCC[C@@H](C(N)=O)NC(=O)[C@H](CO)NC(=O)[C@H](C(C)O)NC(=O)[C@H](C)NC(=O)[C@H](CCCNC(=N)N)NC(=O)[C@H](CCCNC(=N)N)NC2=O)NC(=O)[C@H](CCCCN)NC(=O)[C@H](CC(N)=O)NC(=O)[C@H](Cc2ccc(O)cc2)NC(=O)[C@H](CO)NC(=O)[C@H](CCCNC(=N)N)NC1=O. The minimum Gasteiger partial charge on any atom is -0.508 e. The number of nitrogens with two attached hydrogens (primary N) is 6. The smallest absolute Gasteiger partial charge is 0.245 e. The molecule has 0 aliphatic carbocycles. The summed E-state index contributed by atoms with van der Waals surface area (Å²) >= 11 is 0. The summed E-state index contributed by atoms with van der Waals surface area (Å²) in [5.41, 5.74) is 34.5. The number of hydrogen-bond donors (Lipinski definition) is 29. The van der Waals surface area contributed by atoms with Crippen molar-refractivity contribution in [2.24, 2.45) is 40.3 Å². The summed E-state index contributed by atoms with van der Waals surface area (Å²) in [5.74, 6) is -18.2. The van der Waals surface area contributed by atoms with E-state index in [1.807, 2.05) is 0 Å². The number of ketones is 2. The van der Waals surface area contributed by atoms with Gasteiger partial charge in [0.2, 0.25) is 82.7 Å². The molecule has 0 saturated heterocycles. The second kappa shape index (κ2) is 57.0. The Morgan fingerprint density at radius 1 is 0.511 bits per heavy atom. The molecule has 131 heavy (non-hydrogen) atoms. The number of rotatable bonds is 34. The van der Waals surface area contributed by atoms with Crippen molar-refractivity contribution in [3.8, 4) is 5.75 Å². The highest BCUT2D eigenvalue weighted by atomic mass is 16.5. The minimum atomic E-state index is -1.86. The first-order valence-corrected chi connectivity index (χ1v) is 43.2. The lowest BCUT2D eigenvalue weighted by molar-refractivity contribution is -0.137. The third-order valence-electron chi connectivity index (χ3n) is 21.1. The van der Waals surface area contributed by atoms with Crippen LogP contribution < -0.4 is 119 Å². The molecule has 14 amide bonds. The number of nitrogens with zero attached hydrogens (tertiary/aromatic N) is 6. The number of fused-ring (bicyclic) bond motifs is 4. The maximum atomic E-state index is 14.9. The standard InChI is InChI=1S/C79H129N31O21/c1-42-65(119)104-63(43(2)113)76(130)103-60(40-112)74(128)95-51(64(82)118)15-6-9-30-109-37-46(105-107-109)33-45(66(120)96-54(18-11-27-91-78(85)86)69(123)97-53(67(121)93-42)17-10-26-90-77(83)84)34-49(115)41-131-31-13-20-61(116)50-14-5-8-29-110-38-47(106-108-110)35-56(89-3)71(125)98-55(19-12-28-92-79(87)88)70(124)102-59(39-111)75(129)100-57(32-44-21-23-48(114)24-22-44)72(126)101-58(36-62(81)117)73(127)99-52(68(122)94-50)16-4-7-25-80/h21-24,37-38,42-43,45,50-60,63,89,111-114H,4-20,25-36,39-41,80H2,1-3H3,(H2,81,117)(H2,82,118)(H,93,121)(H,94,122)(H,95,128)(H,96,120)(H,97,123)(H,98,125)(H,99,127)(H,100,129)(H,101,126)(H,102,124)(H,103,130)(H,104,119)(H4,83,84,90)(H4,85,86,91)(H4,87,88,92)/t42-,43?,45+,50-,51-,52-,53-,54-,55-,56-,57-,58-,59-,60-,63-/m0/s1. The summed E-state index contributed by atoms with van der Waals surface area (Å²) < 4.78 is 8.71. The summed E-state index contributed by atoms with van der Waals surface area (Å²) in [7, 11) is 1.48. The van der Waals surface area contributed by atoms with Crippen molar-refractivity contribution in [1.82, 2.24) is 115 Å². The van der Waals surface area contributed by atoms with Gasteiger partial charge in [-0.1, -0.05) is 22.6 Å². The summed E-state index contributed by atoms with van der Waals surface area (Å²) in [6, 6.07) is -14.7. The van der Waals surface area contributed by atoms with Crippen molar-refractivity contribution >= 4 is 112 Å². The number of nitrogens with one attached hydrogen (secondary N) is 19. The van der Waals surface area contributed by atoms with Crippen LogP contribution in [0.3, 0.4) is 0 Å². The third-order valence-corrected chi connectivity index (χ3v) is 21.1. The molecule has 0 radical (unpaired) electrons. The maximum absolute atomic E-state index is 14.9. The largest absolute Gasteiger partial charge is 0.508 e. The number of aromatic hydroxyl groups is 1. The number of phenols is 1. The van der Waals surface area contributed by atoms with Crippen LogP contribution in [0.4, 0.5) is 0 Å². The summed E-state index contributed by atoms with van der Waals surface area (Å²) in [5, 5.41) is 122. The molecule has 726 valence electrons. The van der Waals surface area contributed by atoms with Gasteiger partial charge in [0.1, 0.15) is 78.8 Å². The van der Waals surface area contributed by atoms with Crippen LogP contribution in [0.1, 0.15) is 153 Å². The van der Waals surface area contributed by atoms with E-state index >= 15 is 0 Å². The Kier molecular flexibility index (Phi) is 47.1. The van der Waals surface area contributed by atoms with Crippen molar-refractivity contribution in [2.75, 3.05) is 59.7 Å². The molecule has 0 saturated carbocycles. The van der Waals surface area contributed by atoms with E-state index in [4.69, 9.17) is 55.4 Å². The average molecular weight is 1850 g/mol. The lowest BCUT2D eigenvalue weighted by atomic mass is 9.95. The van der Waals surface area contributed by atoms with Crippen LogP contribution in [0.25, 0.3) is 0 Å². The fraction of sp³-hybridized carbons (Fsp3) is 0.633. The molecule has 52 heteroatoms. The first kappa shape index (κ1) is 108. The number of carbonyl (C=O) groups excluding carboxylic acids is 16. The molecule has 3 aromatic rings. The van der Waals surface area contributed by atoms with Crippen LogP contribution >= 0.6 is 0 Å². The van der Waals surface area contributed by atoms with Crippen LogP contribution in [0, 0.1) is 22.1 Å². The van der Waals surface area contributed by atoms with Gasteiger partial charge in [-0.3, -0.25) is 102 Å². The second-order valence-electron chi connectivity index (χ2n) is 31.9. The third kappa shape index (κ3) is 39.7. The topological polar surface area (TPSA) is 845 Å². The first-order valence-electron chi connectivity index (χ1n) is 43.2. The molecule has 0 spiro atoms. The van der Waals surface area contributed by atoms with E-state index in [2.05, 4.69) is 106 Å². The Hall–Kier alpha value is -13.2. The van der Waals surface area contributed by atoms with Crippen molar-refractivity contribution in [1.29, 1.82) is 16.2 Å². The van der Waals surface area contributed by atoms with E-state index in [1.165, 1.54) is 53.8 Å². The molecule has 15 atom stereocenters. The van der Waals surface area contributed by atoms with Crippen molar-refractivity contribution in [2.45, 2.75) is 253 Å². The van der Waals surface area contributed by atoms with Gasteiger partial charge < -0.3 is 145 Å². The molecule has 1 aromatic carbocycles. The molecular formula is C79H129N31O21. The number of aryl methyl sites for hydroxylation is 2. The number of likely N-dealkylation sites (N-methyl/N-ethyl adjacent to an activating group) is 1. The number of phenolic OH excluding ortho intramolecular Hbond substituents is 1. The quantitative estimate of drug-likeness (QED) is 0.0150. The highest BCUT2D eigenvalue weighted by Gasteiger charge is 2.39. The van der Waals surface area contributed by atoms with Crippen LogP contribution in [0.5, 0.6) is 5.75 Å². The monoisotopic (exact) mass is 1850 g/mol. The second-order valence-corrected chi connectivity index (χ2v) is 31.9. The number of Topliss-reactive ketones (excluding diaryl/α,β-unsaturated/α-hetero) is 2. The Labute approximate surface area is 754 Å². The maximum Gasteiger partial charge on any atom is 0.245 e. The number of aliphatic hydroxyl groups is 3. The van der Waals surface area contributed by atoms with Crippen LogP contribution in [0.2, 0.25) is 0 Å². The number of benzene rings is 1. The lowest BCUT2D eigenvalue weighted by Gasteiger charge is -2.27. The zero-order valence-electron chi connectivity index (χ0n) is 73.6. The van der Waals surface area contributed by atoms with E-state index in [-0.39, 0.29) is 179 Å². The predicted molar refractivity (Wildman–Crippen MR) is 466 cm³/mol. The van der Waals surface area contributed by atoms with Gasteiger partial charge in [0, 0.05) is 83.8 Å². The number of aliphatic hydroxyl groups excluding tert-OH is 3. The number of guanidine groups is 3. The number of primary amides is 2. The number of aromatic nitrogens is 6. The van der Waals surface area contributed by atoms with Crippen LogP contribution in [0.15, 0.2) is 36.7 Å². The molecule has 2 aliphatic heterocycles. The molecule has 5 rings (SSSR count). The molecule has 52 nitrogen and oxygen atoms in total. The van der Waals surface area contributed by atoms with Gasteiger partial charge in [0.25, 0.3) is 0 Å². The Balaban J connectivity index is 1.47. The molecule has 4 heterocycles. The van der Waals surface area contributed by atoms with E-state index in [1.54, 1.807) is 6.20 Å². The Morgan fingerprint density at radius 3 is 1.45 bits per heavy atom. The molecule has 1 unspecified atom stereocenters. The zero-order valence-corrected chi connectivity index (χ0v) is 73.6. The fourth-order valence-corrected chi connectivity index (χ4v) is 13.8. The van der Waals surface area contributed by atoms with Gasteiger partial charge >= 0.3 is 0 Å². The van der Waals surface area contributed by atoms with Crippen molar-refractivity contribution in [3.05, 3.63) is 53.6 Å². The molecule has 2 aromatic heterocycles. The van der Waals surface area contributed by atoms with E-state index in [0.717, 1.165) is 6.92 Å². The summed E-state index contributed by atoms with van der Waals surface area (Å²) in [4.78, 5) is 225. The predicted octanol–water partition coefficient (Wildman–Crippen LogP) is -11.0. The first-order chi connectivity index (χ1) is 62.3. The van der Waals surface area contributed by atoms with Crippen LogP contribution in [-0.2, 0) is 114 Å². The van der Waals surface area contributed by atoms with Gasteiger partial charge in [0.05, 0.1) is 55.1 Å². The van der Waals surface area contributed by atoms with Crippen molar-refractivity contribution in [3.63, 3.8) is 0 Å². The molecule has 4 bridgehead atoms. The van der Waals surface area contributed by atoms with E-state index < -0.39 is 229 Å². The number of ether oxygens (including phenoxy) is 1. The van der Waals surface area contributed by atoms with Gasteiger partial charge in [-0.15, -0.1) is 10.2 Å². The highest BCUT2D eigenvalue weighted by molar-refractivity contribution is 6.01. The van der Waals surface area contributed by atoms with Gasteiger partial charge in [-0.05, 0) is 148 Å². The van der Waals surface area contributed by atoms with Gasteiger partial charge in [0.15, 0.2) is 29.4 Å². The van der Waals surface area contributed by atoms with Crippen molar-refractivity contribution < 1.29 is 102 Å². The average Bonchev–Trinajstić information content (AvgIpc) is 1.00. The Morgan fingerprint density at radius 2 is 0.947 bits per heavy atom. The van der Waals surface area contributed by atoms with E-state index in [0.29, 0.717) is 24.1 Å². The zero-order chi connectivity index (χ0) is 96.8. The number of unbranched alkanes of at least 4 members (excludes halogenated alkanes) is 1. The van der Waals surface area contributed by atoms with E-state index in [9.17, 15) is 97.1 Å². The van der Waals surface area contributed by atoms with Gasteiger partial charge in [-0.25, -0.2) is 0 Å². The fourth-order valence-electron chi connectivity index (χ4n) is 13.8.